The zero-order valence-electron chi connectivity index (χ0n) is 13.4. The van der Waals surface area contributed by atoms with E-state index in [0.29, 0.717) is 23.8 Å². The number of nitrogens with zero attached hydrogens (tertiary/aromatic N) is 5. The van der Waals surface area contributed by atoms with Crippen LogP contribution in [0, 0.1) is 0 Å². The highest BCUT2D eigenvalue weighted by Gasteiger charge is 2.16. The molecule has 0 fully saturated rings. The number of hydrogen-bond donors (Lipinski definition) is 0. The Morgan fingerprint density at radius 2 is 1.88 bits per heavy atom. The predicted octanol–water partition coefficient (Wildman–Crippen LogP) is 1.34. The second kappa shape index (κ2) is 6.95. The van der Waals surface area contributed by atoms with Crippen molar-refractivity contribution in [1.82, 2.24) is 24.8 Å². The smallest absolute Gasteiger partial charge is 0.368 e. The third-order valence-electron chi connectivity index (χ3n) is 3.39. The fourth-order valence-corrected chi connectivity index (χ4v) is 2.24. The molecule has 8 nitrogen and oxygen atoms in total. The van der Waals surface area contributed by atoms with Crippen molar-refractivity contribution in [3.05, 3.63) is 58.8 Å². The van der Waals surface area contributed by atoms with E-state index in [2.05, 4.69) is 15.4 Å². The van der Waals surface area contributed by atoms with Gasteiger partial charge < -0.3 is 9.47 Å². The number of aromatic nitrogens is 5. The van der Waals surface area contributed by atoms with Crippen molar-refractivity contribution in [2.75, 3.05) is 6.61 Å². The lowest BCUT2D eigenvalue weighted by Crippen LogP contribution is -2.23. The molecule has 0 unspecified atom stereocenters. The van der Waals surface area contributed by atoms with Gasteiger partial charge in [-0.25, -0.2) is 4.79 Å². The van der Waals surface area contributed by atoms with Crippen molar-refractivity contribution in [2.24, 2.45) is 7.05 Å². The highest BCUT2D eigenvalue weighted by molar-refractivity contribution is 5.49. The van der Waals surface area contributed by atoms with Crippen LogP contribution in [0.1, 0.15) is 12.5 Å². The molecule has 0 radical (unpaired) electrons. The Hall–Kier alpha value is -3.16. The molecule has 0 aliphatic heterocycles. The average molecular weight is 327 g/mol. The summed E-state index contributed by atoms with van der Waals surface area (Å²) >= 11 is 0. The molecule has 0 bridgehead atoms. The molecular weight excluding hydrogens is 310 g/mol. The first-order chi connectivity index (χ1) is 11.7. The fraction of sp³-hybridized carbons (Fsp3) is 0.250. The topological polar surface area (TPSA) is 84.1 Å². The van der Waals surface area contributed by atoms with E-state index in [0.717, 1.165) is 5.56 Å². The summed E-state index contributed by atoms with van der Waals surface area (Å²) in [6, 6.07) is 8.94. The van der Waals surface area contributed by atoms with Gasteiger partial charge in [-0.2, -0.15) is 9.36 Å². The molecule has 0 aliphatic rings. The Morgan fingerprint density at radius 1 is 1.08 bits per heavy atom. The van der Waals surface area contributed by atoms with Crippen LogP contribution in [0.3, 0.4) is 0 Å². The number of hydrogen-bond acceptors (Lipinski definition) is 6. The molecule has 0 saturated heterocycles. The minimum atomic E-state index is -0.339. The summed E-state index contributed by atoms with van der Waals surface area (Å²) in [5, 5.41) is 7.65. The van der Waals surface area contributed by atoms with Crippen LogP contribution < -0.4 is 15.2 Å². The molecule has 3 aromatic rings. The number of pyridine rings is 1. The summed E-state index contributed by atoms with van der Waals surface area (Å²) in [4.78, 5) is 16.1. The lowest BCUT2D eigenvalue weighted by Gasteiger charge is -2.15. The lowest BCUT2D eigenvalue weighted by atomic mass is 10.1. The number of benzene rings is 1. The standard InChI is InChI=1S/C16H17N5O3/c1-3-23-15-6-4-5-14(21-16(22)20(2)18-19-21)13(15)11-24-12-7-9-17-10-8-12/h4-10H,3,11H2,1-2H3. The van der Waals surface area contributed by atoms with Crippen LogP contribution >= 0.6 is 0 Å². The second-order valence-electron chi connectivity index (χ2n) is 4.96. The molecule has 24 heavy (non-hydrogen) atoms. The number of aryl methyl sites for hydroxylation is 1. The Kier molecular flexibility index (Phi) is 4.55. The van der Waals surface area contributed by atoms with Gasteiger partial charge in [0.25, 0.3) is 0 Å². The van der Waals surface area contributed by atoms with E-state index in [9.17, 15) is 4.79 Å². The monoisotopic (exact) mass is 327 g/mol. The van der Waals surface area contributed by atoms with Crippen molar-refractivity contribution in [3.63, 3.8) is 0 Å². The van der Waals surface area contributed by atoms with Gasteiger partial charge in [0.1, 0.15) is 18.1 Å². The van der Waals surface area contributed by atoms with Crippen LogP contribution in [0.2, 0.25) is 0 Å². The summed E-state index contributed by atoms with van der Waals surface area (Å²) in [5.74, 6) is 1.32. The molecule has 2 aromatic heterocycles. The summed E-state index contributed by atoms with van der Waals surface area (Å²) < 4.78 is 13.9. The fourth-order valence-electron chi connectivity index (χ4n) is 2.24. The van der Waals surface area contributed by atoms with Gasteiger partial charge in [-0.15, -0.1) is 0 Å². The maximum Gasteiger partial charge on any atom is 0.368 e. The zero-order valence-corrected chi connectivity index (χ0v) is 13.4. The molecule has 3 rings (SSSR count). The minimum absolute atomic E-state index is 0.221. The van der Waals surface area contributed by atoms with E-state index in [-0.39, 0.29) is 12.3 Å². The Labute approximate surface area is 138 Å². The Balaban J connectivity index is 2.01. The molecule has 124 valence electrons. The van der Waals surface area contributed by atoms with Crippen molar-refractivity contribution in [3.8, 4) is 17.2 Å². The summed E-state index contributed by atoms with van der Waals surface area (Å²) in [6.45, 7) is 2.62. The van der Waals surface area contributed by atoms with Gasteiger partial charge in [-0.1, -0.05) is 6.07 Å². The van der Waals surface area contributed by atoms with Crippen LogP contribution in [0.5, 0.6) is 11.5 Å². The van der Waals surface area contributed by atoms with Gasteiger partial charge in [0, 0.05) is 19.4 Å². The molecule has 2 heterocycles. The molecular formula is C16H17N5O3. The van der Waals surface area contributed by atoms with Crippen molar-refractivity contribution >= 4 is 0 Å². The first kappa shape index (κ1) is 15.7. The summed E-state index contributed by atoms with van der Waals surface area (Å²) in [5.41, 5.74) is 0.959. The lowest BCUT2D eigenvalue weighted by molar-refractivity contribution is 0.285. The molecule has 0 saturated carbocycles. The minimum Gasteiger partial charge on any atom is -0.493 e. The highest BCUT2D eigenvalue weighted by Crippen LogP contribution is 2.26. The summed E-state index contributed by atoms with van der Waals surface area (Å²) in [7, 11) is 1.55. The van der Waals surface area contributed by atoms with Gasteiger partial charge in [-0.05, 0) is 41.6 Å². The van der Waals surface area contributed by atoms with E-state index in [4.69, 9.17) is 9.47 Å². The molecule has 0 spiro atoms. The van der Waals surface area contributed by atoms with E-state index < -0.39 is 0 Å². The molecule has 8 heteroatoms. The van der Waals surface area contributed by atoms with Gasteiger partial charge in [0.05, 0.1) is 17.9 Å². The Bertz CT molecular complexity index is 873. The van der Waals surface area contributed by atoms with E-state index in [1.54, 1.807) is 43.7 Å². The molecule has 0 atom stereocenters. The first-order valence-corrected chi connectivity index (χ1v) is 7.47. The van der Waals surface area contributed by atoms with Crippen LogP contribution in [0.4, 0.5) is 0 Å². The molecule has 0 aliphatic carbocycles. The van der Waals surface area contributed by atoms with E-state index in [1.165, 1.54) is 9.36 Å². The first-order valence-electron chi connectivity index (χ1n) is 7.47. The van der Waals surface area contributed by atoms with Crippen LogP contribution in [-0.2, 0) is 13.7 Å². The number of rotatable bonds is 6. The SMILES string of the molecule is CCOc1cccc(-n2nnn(C)c2=O)c1COc1ccncc1. The van der Waals surface area contributed by atoms with Crippen LogP contribution in [0.15, 0.2) is 47.5 Å². The third kappa shape index (κ3) is 3.12. The predicted molar refractivity (Wildman–Crippen MR) is 86.3 cm³/mol. The van der Waals surface area contributed by atoms with Crippen LogP contribution in [-0.4, -0.2) is 31.4 Å². The molecule has 1 aromatic carbocycles. The highest BCUT2D eigenvalue weighted by atomic mass is 16.5. The number of tetrazole rings is 1. The summed E-state index contributed by atoms with van der Waals surface area (Å²) in [6.07, 6.45) is 3.30. The van der Waals surface area contributed by atoms with Crippen molar-refractivity contribution in [2.45, 2.75) is 13.5 Å². The molecule has 0 N–H and O–H groups in total. The van der Waals surface area contributed by atoms with Gasteiger partial charge >= 0.3 is 5.69 Å². The maximum atomic E-state index is 12.2. The molecule has 0 amide bonds. The Morgan fingerprint density at radius 3 is 2.54 bits per heavy atom. The van der Waals surface area contributed by atoms with E-state index in [1.807, 2.05) is 13.0 Å². The zero-order chi connectivity index (χ0) is 16.9. The largest absolute Gasteiger partial charge is 0.493 e. The van der Waals surface area contributed by atoms with Gasteiger partial charge in [0.15, 0.2) is 0 Å². The normalized spacial score (nSPS) is 10.6. The second-order valence-corrected chi connectivity index (χ2v) is 4.96. The maximum absolute atomic E-state index is 12.2. The van der Waals surface area contributed by atoms with Gasteiger partial charge in [0.2, 0.25) is 0 Å². The van der Waals surface area contributed by atoms with E-state index >= 15 is 0 Å². The number of ether oxygens (including phenoxy) is 2. The third-order valence-corrected chi connectivity index (χ3v) is 3.39. The van der Waals surface area contributed by atoms with Crippen molar-refractivity contribution in [1.29, 1.82) is 0 Å². The average Bonchev–Trinajstić information content (AvgIpc) is 2.94. The van der Waals surface area contributed by atoms with Crippen LogP contribution in [0.25, 0.3) is 5.69 Å². The van der Waals surface area contributed by atoms with Gasteiger partial charge in [-0.3, -0.25) is 4.98 Å². The quantitative estimate of drug-likeness (QED) is 0.679. The van der Waals surface area contributed by atoms with Crippen molar-refractivity contribution < 1.29 is 9.47 Å².